The van der Waals surface area contributed by atoms with Crippen molar-refractivity contribution in [1.29, 1.82) is 0 Å². The van der Waals surface area contributed by atoms with Crippen LogP contribution in [0.1, 0.15) is 34.1 Å². The van der Waals surface area contributed by atoms with Crippen LogP contribution >= 0.6 is 0 Å². The zero-order chi connectivity index (χ0) is 19.2. The smallest absolute Gasteiger partial charge is 0.240 e. The Hall–Kier alpha value is -1.47. The predicted molar refractivity (Wildman–Crippen MR) is 93.4 cm³/mol. The number of likely N-dealkylation sites (N-methyl/N-ethyl adjacent to an activating group) is 1. The van der Waals surface area contributed by atoms with E-state index in [-0.39, 0.29) is 24.0 Å². The summed E-state index contributed by atoms with van der Waals surface area (Å²) in [7, 11) is 6.67. The molecule has 0 aliphatic heterocycles. The number of ketones is 1. The molecule has 7 nitrogen and oxygen atoms in total. The van der Waals surface area contributed by atoms with Crippen molar-refractivity contribution in [1.82, 2.24) is 15.1 Å². The van der Waals surface area contributed by atoms with Gasteiger partial charge in [-0.25, -0.2) is 0 Å². The zero-order valence-corrected chi connectivity index (χ0v) is 16.2. The fourth-order valence-electron chi connectivity index (χ4n) is 2.56. The molecule has 0 aliphatic carbocycles. The SMILES string of the molecule is CC(=O)[C@H](NC(=O)[C@@H]([C@H](O)[C@H](C)CC(=O)N(C)C)N(C)C)C(C)C. The van der Waals surface area contributed by atoms with E-state index in [2.05, 4.69) is 5.32 Å². The van der Waals surface area contributed by atoms with Crippen molar-refractivity contribution in [3.05, 3.63) is 0 Å². The number of aliphatic hydroxyl groups is 1. The highest BCUT2D eigenvalue weighted by molar-refractivity contribution is 5.90. The Labute approximate surface area is 145 Å². The van der Waals surface area contributed by atoms with Gasteiger partial charge in [0.25, 0.3) is 0 Å². The number of carbonyl (C=O) groups is 3. The molecular formula is C17H33N3O4. The predicted octanol–water partition coefficient (Wildman–Crippen LogP) is 0.122. The quantitative estimate of drug-likeness (QED) is 0.621. The molecule has 24 heavy (non-hydrogen) atoms. The monoisotopic (exact) mass is 343 g/mol. The molecule has 0 aromatic carbocycles. The maximum absolute atomic E-state index is 12.6. The van der Waals surface area contributed by atoms with Crippen molar-refractivity contribution in [2.45, 2.75) is 52.3 Å². The minimum atomic E-state index is -1.02. The molecule has 0 radical (unpaired) electrons. The summed E-state index contributed by atoms with van der Waals surface area (Å²) in [5.41, 5.74) is 0. The minimum absolute atomic E-state index is 0.0425. The van der Waals surface area contributed by atoms with Crippen LogP contribution in [-0.2, 0) is 14.4 Å². The number of hydrogen-bond acceptors (Lipinski definition) is 5. The molecule has 0 aromatic heterocycles. The second-order valence-corrected chi connectivity index (χ2v) is 7.21. The summed E-state index contributed by atoms with van der Waals surface area (Å²) in [4.78, 5) is 39.2. The van der Waals surface area contributed by atoms with Crippen molar-refractivity contribution >= 4 is 17.6 Å². The van der Waals surface area contributed by atoms with Crippen LogP contribution in [0.2, 0.25) is 0 Å². The summed E-state index contributed by atoms with van der Waals surface area (Å²) in [6, 6.07) is -1.43. The molecule has 0 bridgehead atoms. The van der Waals surface area contributed by atoms with Gasteiger partial charge in [0.2, 0.25) is 11.8 Å². The van der Waals surface area contributed by atoms with Crippen LogP contribution in [0.15, 0.2) is 0 Å². The van der Waals surface area contributed by atoms with Gasteiger partial charge in [0, 0.05) is 20.5 Å². The van der Waals surface area contributed by atoms with E-state index in [0.29, 0.717) is 0 Å². The molecule has 140 valence electrons. The largest absolute Gasteiger partial charge is 0.391 e. The van der Waals surface area contributed by atoms with E-state index in [9.17, 15) is 19.5 Å². The van der Waals surface area contributed by atoms with E-state index in [1.807, 2.05) is 13.8 Å². The zero-order valence-electron chi connectivity index (χ0n) is 16.2. The molecule has 0 unspecified atom stereocenters. The highest BCUT2D eigenvalue weighted by atomic mass is 16.3. The standard InChI is InChI=1S/C17H33N3O4/c1-10(2)14(12(4)21)18-17(24)15(20(7)8)16(23)11(3)9-13(22)19(5)6/h10-11,14-16,23H,9H2,1-8H3,(H,18,24)/t11-,14-,15-,16-/m1/s1. The molecule has 0 spiro atoms. The van der Waals surface area contributed by atoms with Crippen molar-refractivity contribution in [2.75, 3.05) is 28.2 Å². The van der Waals surface area contributed by atoms with Gasteiger partial charge in [0.05, 0.1) is 12.1 Å². The summed E-state index contributed by atoms with van der Waals surface area (Å²) in [6.07, 6.45) is -0.879. The van der Waals surface area contributed by atoms with E-state index in [4.69, 9.17) is 0 Å². The highest BCUT2D eigenvalue weighted by Crippen LogP contribution is 2.17. The normalized spacial score (nSPS) is 16.5. The van der Waals surface area contributed by atoms with Gasteiger partial charge >= 0.3 is 0 Å². The van der Waals surface area contributed by atoms with Crippen LogP contribution in [0.25, 0.3) is 0 Å². The topological polar surface area (TPSA) is 89.9 Å². The third-order valence-corrected chi connectivity index (χ3v) is 4.13. The molecular weight excluding hydrogens is 310 g/mol. The van der Waals surface area contributed by atoms with E-state index < -0.39 is 30.0 Å². The van der Waals surface area contributed by atoms with Gasteiger partial charge in [-0.15, -0.1) is 0 Å². The van der Waals surface area contributed by atoms with Gasteiger partial charge in [-0.3, -0.25) is 19.3 Å². The third kappa shape index (κ3) is 6.57. The Morgan fingerprint density at radius 1 is 1.04 bits per heavy atom. The lowest BCUT2D eigenvalue weighted by atomic mass is 9.92. The number of Topliss-reactive ketones (excluding diaryl/α,β-unsaturated/α-hetero) is 1. The van der Waals surface area contributed by atoms with E-state index in [1.54, 1.807) is 40.0 Å². The third-order valence-electron chi connectivity index (χ3n) is 4.13. The summed E-state index contributed by atoms with van der Waals surface area (Å²) >= 11 is 0. The molecule has 2 N–H and O–H groups in total. The fourth-order valence-corrected chi connectivity index (χ4v) is 2.56. The maximum atomic E-state index is 12.6. The van der Waals surface area contributed by atoms with Gasteiger partial charge in [0.1, 0.15) is 6.04 Å². The van der Waals surface area contributed by atoms with Crippen LogP contribution in [0.4, 0.5) is 0 Å². The summed E-state index contributed by atoms with van der Waals surface area (Å²) < 4.78 is 0. The number of carbonyl (C=O) groups excluding carboxylic acids is 3. The van der Waals surface area contributed by atoms with E-state index in [0.717, 1.165) is 0 Å². The summed E-state index contributed by atoms with van der Waals surface area (Å²) in [6.45, 7) is 6.88. The first kappa shape index (κ1) is 22.5. The number of rotatable bonds is 9. The Kier molecular flexibility index (Phi) is 9.14. The van der Waals surface area contributed by atoms with Crippen LogP contribution in [0.3, 0.4) is 0 Å². The highest BCUT2D eigenvalue weighted by Gasteiger charge is 2.35. The first-order valence-corrected chi connectivity index (χ1v) is 8.25. The van der Waals surface area contributed by atoms with E-state index >= 15 is 0 Å². The first-order chi connectivity index (χ1) is 10.9. The number of aliphatic hydroxyl groups excluding tert-OH is 1. The molecule has 0 aromatic rings. The first-order valence-electron chi connectivity index (χ1n) is 8.25. The molecule has 2 amide bonds. The van der Waals surface area contributed by atoms with Gasteiger partial charge in [0.15, 0.2) is 5.78 Å². The maximum Gasteiger partial charge on any atom is 0.240 e. The van der Waals surface area contributed by atoms with Crippen LogP contribution in [-0.4, -0.2) is 78.9 Å². The molecule has 0 rings (SSSR count). The summed E-state index contributed by atoms with van der Waals surface area (Å²) in [5, 5.41) is 13.3. The van der Waals surface area contributed by atoms with Crippen molar-refractivity contribution in [3.63, 3.8) is 0 Å². The second-order valence-electron chi connectivity index (χ2n) is 7.21. The Morgan fingerprint density at radius 3 is 1.88 bits per heavy atom. The lowest BCUT2D eigenvalue weighted by molar-refractivity contribution is -0.137. The number of hydrogen-bond donors (Lipinski definition) is 2. The Balaban J connectivity index is 5.16. The molecule has 0 saturated heterocycles. The molecule has 0 fully saturated rings. The van der Waals surface area contributed by atoms with Crippen LogP contribution in [0.5, 0.6) is 0 Å². The van der Waals surface area contributed by atoms with Crippen LogP contribution < -0.4 is 5.32 Å². The van der Waals surface area contributed by atoms with Gasteiger partial charge in [-0.05, 0) is 32.9 Å². The second kappa shape index (κ2) is 9.74. The van der Waals surface area contributed by atoms with E-state index in [1.165, 1.54) is 11.8 Å². The molecule has 4 atom stereocenters. The fraction of sp³-hybridized carbons (Fsp3) is 0.824. The average molecular weight is 343 g/mol. The number of nitrogens with zero attached hydrogens (tertiary/aromatic N) is 2. The van der Waals surface area contributed by atoms with Crippen molar-refractivity contribution in [3.8, 4) is 0 Å². The Morgan fingerprint density at radius 2 is 1.54 bits per heavy atom. The molecule has 7 heteroatoms. The molecule has 0 saturated carbocycles. The lowest BCUT2D eigenvalue weighted by Gasteiger charge is -2.33. The average Bonchev–Trinajstić information content (AvgIpc) is 2.43. The Bertz CT molecular complexity index is 449. The van der Waals surface area contributed by atoms with Crippen molar-refractivity contribution < 1.29 is 19.5 Å². The van der Waals surface area contributed by atoms with Gasteiger partial charge in [-0.1, -0.05) is 20.8 Å². The number of nitrogens with one attached hydrogen (secondary N) is 1. The van der Waals surface area contributed by atoms with Crippen molar-refractivity contribution in [2.24, 2.45) is 11.8 Å². The van der Waals surface area contributed by atoms with Crippen LogP contribution in [0, 0.1) is 11.8 Å². The molecule has 0 heterocycles. The minimum Gasteiger partial charge on any atom is -0.391 e. The van der Waals surface area contributed by atoms with Gasteiger partial charge < -0.3 is 15.3 Å². The molecule has 0 aliphatic rings. The number of amides is 2. The van der Waals surface area contributed by atoms with Gasteiger partial charge in [-0.2, -0.15) is 0 Å². The summed E-state index contributed by atoms with van der Waals surface area (Å²) in [5.74, 6) is -1.08. The lowest BCUT2D eigenvalue weighted by Crippen LogP contribution is -2.56.